The van der Waals surface area contributed by atoms with E-state index in [-0.39, 0.29) is 24.9 Å². The molecule has 4 rings (SSSR count). The van der Waals surface area contributed by atoms with E-state index in [1.807, 2.05) is 43.7 Å². The number of aromatic nitrogens is 4. The third-order valence-corrected chi connectivity index (χ3v) is 7.73. The van der Waals surface area contributed by atoms with Gasteiger partial charge in [0.05, 0.1) is 18.5 Å². The molecule has 0 saturated carbocycles. The Morgan fingerprint density at radius 1 is 0.778 bits per heavy atom. The van der Waals surface area contributed by atoms with Gasteiger partial charge in [-0.2, -0.15) is 0 Å². The van der Waals surface area contributed by atoms with Crippen LogP contribution < -0.4 is 0 Å². The first-order valence-corrected chi connectivity index (χ1v) is 15.3. The normalized spacial score (nSPS) is 12.3. The van der Waals surface area contributed by atoms with Gasteiger partial charge in [0.15, 0.2) is 11.6 Å². The van der Waals surface area contributed by atoms with Crippen LogP contribution >= 0.6 is 0 Å². The van der Waals surface area contributed by atoms with Gasteiger partial charge in [-0.25, -0.2) is 15.0 Å². The third-order valence-electron chi connectivity index (χ3n) is 7.73. The maximum atomic E-state index is 12.2. The van der Waals surface area contributed by atoms with Crippen LogP contribution in [0.3, 0.4) is 0 Å². The minimum atomic E-state index is -0.291. The van der Waals surface area contributed by atoms with Crippen LogP contribution in [0, 0.1) is 11.8 Å². The monoisotopic (exact) mass is 617 g/mol. The fourth-order valence-corrected chi connectivity index (χ4v) is 5.03. The third kappa shape index (κ3) is 9.94. The maximum absolute atomic E-state index is 12.2. The van der Waals surface area contributed by atoms with Crippen LogP contribution in [0.4, 0.5) is 0 Å². The molecule has 242 valence electrons. The van der Waals surface area contributed by atoms with Crippen molar-refractivity contribution < 1.29 is 24.6 Å². The lowest BCUT2D eigenvalue weighted by atomic mass is 9.97. The quantitative estimate of drug-likeness (QED) is 0.158. The number of benzene rings is 2. The summed E-state index contributed by atoms with van der Waals surface area (Å²) in [5.74, 6) is 1.41. The zero-order valence-electron chi connectivity index (χ0n) is 27.5. The maximum Gasteiger partial charge on any atom is 0.313 e. The van der Waals surface area contributed by atoms with Gasteiger partial charge in [-0.1, -0.05) is 62.4 Å². The molecule has 2 aromatic heterocycles. The molecule has 0 bridgehead atoms. The molecule has 45 heavy (non-hydrogen) atoms. The number of aliphatic hydroxyl groups excluding tert-OH is 2. The smallest absolute Gasteiger partial charge is 0.313 e. The first kappa shape index (κ1) is 35.4. The molecule has 0 aliphatic carbocycles. The average Bonchev–Trinajstić information content (AvgIpc) is 3.60. The number of carbonyl (C=O) groups is 2. The van der Waals surface area contributed by atoms with Crippen molar-refractivity contribution in [2.45, 2.75) is 46.5 Å². The molecule has 2 atom stereocenters. The molecule has 0 radical (unpaired) electrons. The second-order valence-electron chi connectivity index (χ2n) is 11.7. The van der Waals surface area contributed by atoms with Gasteiger partial charge in [0.2, 0.25) is 5.82 Å². The van der Waals surface area contributed by atoms with Crippen molar-refractivity contribution in [2.24, 2.45) is 25.9 Å². The Hall–Kier alpha value is -4.12. The Balaban J connectivity index is 0.000000248. The van der Waals surface area contributed by atoms with Crippen molar-refractivity contribution in [3.63, 3.8) is 0 Å². The predicted octanol–water partition coefficient (Wildman–Crippen LogP) is 5.13. The molecule has 0 saturated heterocycles. The molecular formula is C35H47N5O5. The number of hydrogen-bond donors (Lipinski definition) is 2. The van der Waals surface area contributed by atoms with E-state index in [1.54, 1.807) is 23.2 Å². The van der Waals surface area contributed by atoms with Gasteiger partial charge in [-0.15, -0.1) is 0 Å². The lowest BCUT2D eigenvalue weighted by Crippen LogP contribution is -2.27. The number of nitrogens with zero attached hydrogens (tertiary/aromatic N) is 5. The standard InChI is InChI=1S/C18H25N3O3.C17H22N2O2/c1-13(9-10-22)11-14-5-7-15(8-6-14)16-12-20(2)17(19-16)18(23)21(3)24-4;1-12(8-9-20)10-14-4-6-15(7-5-14)16-11-19(3)17(18-16)13(2)21/h5-8,12-13,22H,9-11H2,1-4H3;4-7,11-12,20H,8-10H2,1-3H3/t13-;12-/m11/s1. The number of amides is 1. The number of Topliss-reactive ketones (excluding diaryl/α,β-unsaturated/α-hetero) is 1. The summed E-state index contributed by atoms with van der Waals surface area (Å²) in [5.41, 5.74) is 6.02. The summed E-state index contributed by atoms with van der Waals surface area (Å²) in [6.07, 6.45) is 7.23. The summed E-state index contributed by atoms with van der Waals surface area (Å²) in [7, 11) is 6.62. The van der Waals surface area contributed by atoms with E-state index >= 15 is 0 Å². The number of hydroxylamine groups is 2. The zero-order valence-corrected chi connectivity index (χ0v) is 27.5. The van der Waals surface area contributed by atoms with Crippen LogP contribution in [-0.2, 0) is 31.8 Å². The second-order valence-corrected chi connectivity index (χ2v) is 11.7. The molecule has 2 N–H and O–H groups in total. The van der Waals surface area contributed by atoms with Gasteiger partial charge in [0, 0.05) is 64.8 Å². The minimum Gasteiger partial charge on any atom is -0.396 e. The summed E-state index contributed by atoms with van der Waals surface area (Å²) in [4.78, 5) is 37.3. The van der Waals surface area contributed by atoms with E-state index in [2.05, 4.69) is 48.1 Å². The molecule has 2 aromatic carbocycles. The van der Waals surface area contributed by atoms with Crippen LogP contribution in [0.2, 0.25) is 0 Å². The molecule has 0 aliphatic rings. The van der Waals surface area contributed by atoms with Crippen molar-refractivity contribution in [3.05, 3.63) is 83.7 Å². The van der Waals surface area contributed by atoms with Gasteiger partial charge in [-0.05, 0) is 48.6 Å². The minimum absolute atomic E-state index is 0.0294. The van der Waals surface area contributed by atoms with E-state index in [0.29, 0.717) is 23.5 Å². The summed E-state index contributed by atoms with van der Waals surface area (Å²) in [6.45, 7) is 6.26. The van der Waals surface area contributed by atoms with Crippen LogP contribution in [0.1, 0.15) is 66.0 Å². The Bertz CT molecular complexity index is 1530. The number of hydrogen-bond acceptors (Lipinski definition) is 7. The fourth-order valence-electron chi connectivity index (χ4n) is 5.03. The van der Waals surface area contributed by atoms with E-state index in [1.165, 1.54) is 25.2 Å². The molecular weight excluding hydrogens is 570 g/mol. The molecule has 2 heterocycles. The highest BCUT2D eigenvalue weighted by molar-refractivity contribution is 5.91. The average molecular weight is 618 g/mol. The highest BCUT2D eigenvalue weighted by Gasteiger charge is 2.19. The number of imidazole rings is 2. The Morgan fingerprint density at radius 3 is 1.53 bits per heavy atom. The first-order valence-electron chi connectivity index (χ1n) is 15.3. The van der Waals surface area contributed by atoms with Crippen molar-refractivity contribution in [3.8, 4) is 22.5 Å². The second kappa shape index (κ2) is 16.8. The number of aryl methyl sites for hydroxylation is 2. The van der Waals surface area contributed by atoms with Gasteiger partial charge >= 0.3 is 5.91 Å². The molecule has 0 spiro atoms. The van der Waals surface area contributed by atoms with Crippen molar-refractivity contribution >= 4 is 11.7 Å². The van der Waals surface area contributed by atoms with Crippen LogP contribution in [0.25, 0.3) is 22.5 Å². The summed E-state index contributed by atoms with van der Waals surface area (Å²) in [5, 5.41) is 19.1. The summed E-state index contributed by atoms with van der Waals surface area (Å²) >= 11 is 0. The number of aliphatic hydroxyl groups is 2. The molecule has 1 amide bonds. The van der Waals surface area contributed by atoms with Crippen molar-refractivity contribution in [1.29, 1.82) is 0 Å². The lowest BCUT2D eigenvalue weighted by molar-refractivity contribution is -0.0766. The summed E-state index contributed by atoms with van der Waals surface area (Å²) in [6, 6.07) is 16.4. The van der Waals surface area contributed by atoms with Crippen LogP contribution in [0.5, 0.6) is 0 Å². The van der Waals surface area contributed by atoms with E-state index < -0.39 is 0 Å². The van der Waals surface area contributed by atoms with E-state index in [0.717, 1.165) is 53.3 Å². The predicted molar refractivity (Wildman–Crippen MR) is 176 cm³/mol. The van der Waals surface area contributed by atoms with E-state index in [4.69, 9.17) is 15.1 Å². The van der Waals surface area contributed by atoms with Gasteiger partial charge in [0.25, 0.3) is 0 Å². The molecule has 10 heteroatoms. The Labute approximate surface area is 266 Å². The number of carbonyl (C=O) groups excluding carboxylic acids is 2. The fraction of sp³-hybridized carbons (Fsp3) is 0.429. The van der Waals surface area contributed by atoms with Crippen molar-refractivity contribution in [1.82, 2.24) is 24.2 Å². The first-order chi connectivity index (χ1) is 21.5. The Morgan fingerprint density at radius 2 is 1.18 bits per heavy atom. The Kier molecular flexibility index (Phi) is 13.2. The SMILES string of the molecule is CC(=O)c1nc(-c2ccc(C[C@H](C)CCO)cc2)cn1C.CON(C)C(=O)c1nc(-c2ccc(C[C@H](C)CCO)cc2)cn1C. The number of ketones is 1. The number of rotatable bonds is 13. The largest absolute Gasteiger partial charge is 0.396 e. The molecule has 0 aliphatic heterocycles. The molecule has 0 unspecified atom stereocenters. The van der Waals surface area contributed by atoms with E-state index in [9.17, 15) is 9.59 Å². The topological polar surface area (TPSA) is 123 Å². The molecule has 10 nitrogen and oxygen atoms in total. The van der Waals surface area contributed by atoms with Gasteiger partial charge in [-0.3, -0.25) is 14.4 Å². The highest BCUT2D eigenvalue weighted by Crippen LogP contribution is 2.22. The lowest BCUT2D eigenvalue weighted by Gasteiger charge is -2.12. The van der Waals surface area contributed by atoms with Crippen LogP contribution in [0.15, 0.2) is 60.9 Å². The van der Waals surface area contributed by atoms with Gasteiger partial charge < -0.3 is 19.3 Å². The molecule has 0 fully saturated rings. The zero-order chi connectivity index (χ0) is 33.1. The summed E-state index contributed by atoms with van der Waals surface area (Å²) < 4.78 is 3.46. The van der Waals surface area contributed by atoms with Crippen molar-refractivity contribution in [2.75, 3.05) is 27.4 Å². The van der Waals surface area contributed by atoms with Crippen LogP contribution in [-0.4, -0.2) is 73.4 Å². The van der Waals surface area contributed by atoms with Gasteiger partial charge in [0.1, 0.15) is 0 Å². The highest BCUT2D eigenvalue weighted by atomic mass is 16.7. The molecule has 4 aromatic rings.